The van der Waals surface area contributed by atoms with E-state index in [1.165, 1.54) is 16.7 Å². The number of hydrogen-bond donors (Lipinski definition) is 0. The molecule has 23 heavy (non-hydrogen) atoms. The third-order valence-electron chi connectivity index (χ3n) is 4.32. The van der Waals surface area contributed by atoms with Crippen LogP contribution in [0.25, 0.3) is 0 Å². The maximum atomic E-state index is 5.85. The van der Waals surface area contributed by atoms with Crippen LogP contribution in [0.2, 0.25) is 0 Å². The molecule has 2 rings (SSSR count). The first kappa shape index (κ1) is 17.5. The number of hydrogen-bond acceptors (Lipinski definition) is 3. The zero-order valence-corrected chi connectivity index (χ0v) is 15.1. The maximum Gasteiger partial charge on any atom is 0.122 e. The highest BCUT2D eigenvalue weighted by molar-refractivity contribution is 5.43. The Kier molecular flexibility index (Phi) is 6.20. The van der Waals surface area contributed by atoms with Gasteiger partial charge in [0.25, 0.3) is 0 Å². The molecule has 0 saturated heterocycles. The van der Waals surface area contributed by atoms with Crippen molar-refractivity contribution in [2.75, 3.05) is 6.61 Å². The fraction of sp³-hybridized carbons (Fsp3) is 0.579. The van der Waals surface area contributed by atoms with Crippen molar-refractivity contribution in [2.45, 2.75) is 66.3 Å². The van der Waals surface area contributed by atoms with Crippen molar-refractivity contribution in [3.63, 3.8) is 0 Å². The monoisotopic (exact) mass is 315 g/mol. The summed E-state index contributed by atoms with van der Waals surface area (Å²) in [6, 6.07) is 4.48. The Morgan fingerprint density at radius 3 is 2.52 bits per heavy atom. The van der Waals surface area contributed by atoms with E-state index < -0.39 is 0 Å². The third kappa shape index (κ3) is 4.34. The Morgan fingerprint density at radius 2 is 1.91 bits per heavy atom. The second-order valence-electron chi connectivity index (χ2n) is 6.20. The second-order valence-corrected chi connectivity index (χ2v) is 6.20. The van der Waals surface area contributed by atoms with E-state index in [1.807, 2.05) is 4.68 Å². The third-order valence-corrected chi connectivity index (χ3v) is 4.32. The number of rotatable bonds is 8. The molecule has 1 aromatic carbocycles. The average Bonchev–Trinajstić information content (AvgIpc) is 3.01. The van der Waals surface area contributed by atoms with Crippen molar-refractivity contribution in [2.24, 2.45) is 0 Å². The summed E-state index contributed by atoms with van der Waals surface area (Å²) < 4.78 is 7.74. The Hall–Kier alpha value is -1.84. The quantitative estimate of drug-likeness (QED) is 0.723. The smallest absolute Gasteiger partial charge is 0.122 e. The van der Waals surface area contributed by atoms with Crippen LogP contribution in [-0.2, 0) is 13.0 Å². The van der Waals surface area contributed by atoms with Crippen LogP contribution in [0.3, 0.4) is 0 Å². The summed E-state index contributed by atoms with van der Waals surface area (Å²) in [5, 5.41) is 8.45. The van der Waals surface area contributed by atoms with Crippen molar-refractivity contribution in [1.29, 1.82) is 0 Å². The zero-order chi connectivity index (χ0) is 16.8. The Balaban J connectivity index is 2.21. The summed E-state index contributed by atoms with van der Waals surface area (Å²) in [7, 11) is 0. The van der Waals surface area contributed by atoms with Crippen molar-refractivity contribution >= 4 is 0 Å². The minimum Gasteiger partial charge on any atom is -0.493 e. The van der Waals surface area contributed by atoms with E-state index in [4.69, 9.17) is 4.74 Å². The van der Waals surface area contributed by atoms with E-state index in [1.54, 1.807) is 0 Å². The molecule has 4 heteroatoms. The van der Waals surface area contributed by atoms with E-state index in [-0.39, 0.29) is 0 Å². The van der Waals surface area contributed by atoms with E-state index in [2.05, 4.69) is 63.3 Å². The lowest BCUT2D eigenvalue weighted by atomic mass is 9.87. The highest BCUT2D eigenvalue weighted by Gasteiger charge is 2.16. The van der Waals surface area contributed by atoms with Gasteiger partial charge in [0.05, 0.1) is 12.3 Å². The standard InChI is InChI=1S/C19H29N3O/c1-6-9-23-19-11-14(4)18(10-15(19)5)16(7-2)12-17-13-22(8-3)21-20-17/h10-11,13,16H,6-9,12H2,1-5H3. The largest absolute Gasteiger partial charge is 0.493 e. The van der Waals surface area contributed by atoms with Gasteiger partial charge in [0.2, 0.25) is 0 Å². The second kappa shape index (κ2) is 8.14. The van der Waals surface area contributed by atoms with Gasteiger partial charge in [0.15, 0.2) is 0 Å². The molecular weight excluding hydrogens is 286 g/mol. The summed E-state index contributed by atoms with van der Waals surface area (Å²) in [4.78, 5) is 0. The highest BCUT2D eigenvalue weighted by atomic mass is 16.5. The number of aromatic nitrogens is 3. The van der Waals surface area contributed by atoms with Crippen LogP contribution in [0.15, 0.2) is 18.3 Å². The summed E-state index contributed by atoms with van der Waals surface area (Å²) in [5.74, 6) is 1.48. The fourth-order valence-electron chi connectivity index (χ4n) is 2.93. The van der Waals surface area contributed by atoms with Crippen LogP contribution in [0.1, 0.15) is 61.9 Å². The summed E-state index contributed by atoms with van der Waals surface area (Å²) in [5.41, 5.74) is 4.99. The molecule has 0 radical (unpaired) electrons. The molecular formula is C19H29N3O. The van der Waals surface area contributed by atoms with Gasteiger partial charge in [-0.25, -0.2) is 0 Å². The molecule has 2 aromatic rings. The first-order valence-electron chi connectivity index (χ1n) is 8.71. The van der Waals surface area contributed by atoms with Crippen molar-refractivity contribution in [3.8, 4) is 5.75 Å². The molecule has 4 nitrogen and oxygen atoms in total. The Labute approximate surface area is 139 Å². The normalized spacial score (nSPS) is 12.4. The lowest BCUT2D eigenvalue weighted by molar-refractivity contribution is 0.315. The summed E-state index contributed by atoms with van der Waals surface area (Å²) in [6.45, 7) is 12.4. The molecule has 0 N–H and O–H groups in total. The number of nitrogens with zero attached hydrogens (tertiary/aromatic N) is 3. The number of benzene rings is 1. The SMILES string of the molecule is CCCOc1cc(C)c(C(CC)Cc2cn(CC)nn2)cc1C. The first-order valence-corrected chi connectivity index (χ1v) is 8.71. The Morgan fingerprint density at radius 1 is 1.13 bits per heavy atom. The van der Waals surface area contributed by atoms with Crippen LogP contribution in [0.5, 0.6) is 5.75 Å². The molecule has 0 bridgehead atoms. The van der Waals surface area contributed by atoms with Crippen LogP contribution in [0.4, 0.5) is 0 Å². The van der Waals surface area contributed by atoms with Crippen molar-refractivity contribution < 1.29 is 4.74 Å². The topological polar surface area (TPSA) is 39.9 Å². The van der Waals surface area contributed by atoms with Crippen molar-refractivity contribution in [3.05, 3.63) is 40.7 Å². The van der Waals surface area contributed by atoms with Gasteiger partial charge in [0, 0.05) is 12.7 Å². The van der Waals surface area contributed by atoms with Gasteiger partial charge >= 0.3 is 0 Å². The van der Waals surface area contributed by atoms with E-state index >= 15 is 0 Å². The van der Waals surface area contributed by atoms with E-state index in [0.717, 1.165) is 43.9 Å². The molecule has 0 aliphatic rings. The lowest BCUT2D eigenvalue weighted by Crippen LogP contribution is -2.06. The van der Waals surface area contributed by atoms with E-state index in [9.17, 15) is 0 Å². The first-order chi connectivity index (χ1) is 11.1. The molecule has 0 saturated carbocycles. The molecule has 0 fully saturated rings. The summed E-state index contributed by atoms with van der Waals surface area (Å²) >= 11 is 0. The molecule has 1 heterocycles. The van der Waals surface area contributed by atoms with E-state index in [0.29, 0.717) is 5.92 Å². The lowest BCUT2D eigenvalue weighted by Gasteiger charge is -2.19. The van der Waals surface area contributed by atoms with Gasteiger partial charge in [-0.3, -0.25) is 4.68 Å². The van der Waals surface area contributed by atoms with Gasteiger partial charge in [-0.05, 0) is 68.7 Å². The average molecular weight is 315 g/mol. The molecule has 0 spiro atoms. The maximum absolute atomic E-state index is 5.85. The number of aryl methyl sites for hydroxylation is 3. The number of ether oxygens (including phenoxy) is 1. The predicted octanol–water partition coefficient (Wildman–Crippen LogP) is 4.44. The molecule has 0 amide bonds. The Bertz CT molecular complexity index is 634. The molecule has 1 unspecified atom stereocenters. The minimum atomic E-state index is 0.468. The minimum absolute atomic E-state index is 0.468. The van der Waals surface area contributed by atoms with Gasteiger partial charge in [-0.2, -0.15) is 0 Å². The highest BCUT2D eigenvalue weighted by Crippen LogP contribution is 2.31. The van der Waals surface area contributed by atoms with Crippen LogP contribution in [0, 0.1) is 13.8 Å². The van der Waals surface area contributed by atoms with Crippen LogP contribution >= 0.6 is 0 Å². The van der Waals surface area contributed by atoms with Gasteiger partial charge in [0.1, 0.15) is 5.75 Å². The molecule has 1 aromatic heterocycles. The van der Waals surface area contributed by atoms with Gasteiger partial charge < -0.3 is 4.74 Å². The summed E-state index contributed by atoms with van der Waals surface area (Å²) in [6.07, 6.45) is 5.12. The zero-order valence-electron chi connectivity index (χ0n) is 15.1. The predicted molar refractivity (Wildman–Crippen MR) is 94.1 cm³/mol. The molecule has 1 atom stereocenters. The fourth-order valence-corrected chi connectivity index (χ4v) is 2.93. The molecule has 126 valence electrons. The van der Waals surface area contributed by atoms with Gasteiger partial charge in [-0.15, -0.1) is 5.10 Å². The van der Waals surface area contributed by atoms with Crippen LogP contribution < -0.4 is 4.74 Å². The molecule has 0 aliphatic heterocycles. The van der Waals surface area contributed by atoms with Crippen molar-refractivity contribution in [1.82, 2.24) is 15.0 Å². The van der Waals surface area contributed by atoms with Gasteiger partial charge in [-0.1, -0.05) is 25.1 Å². The molecule has 0 aliphatic carbocycles. The van der Waals surface area contributed by atoms with Crippen LogP contribution in [-0.4, -0.2) is 21.6 Å².